The molecular weight excluding hydrogens is 254 g/mol. The molecule has 92 valence electrons. The van der Waals surface area contributed by atoms with Gasteiger partial charge in [-0.3, -0.25) is 0 Å². The molecule has 0 saturated heterocycles. The van der Waals surface area contributed by atoms with Crippen molar-refractivity contribution in [2.75, 3.05) is 11.6 Å². The van der Waals surface area contributed by atoms with Crippen LogP contribution in [0.2, 0.25) is 0 Å². The molecule has 0 spiro atoms. The first-order valence-corrected chi connectivity index (χ1v) is 7.04. The van der Waals surface area contributed by atoms with E-state index in [0.717, 1.165) is 0 Å². The molecular formula is C8H14ClN3O3S. The van der Waals surface area contributed by atoms with Crippen molar-refractivity contribution >= 4 is 21.6 Å². The van der Waals surface area contributed by atoms with Gasteiger partial charge in [0.1, 0.15) is 0 Å². The number of nitrogens with one attached hydrogen (secondary N) is 1. The summed E-state index contributed by atoms with van der Waals surface area (Å²) >= 11 is 5.46. The highest BCUT2D eigenvalue weighted by atomic mass is 35.5. The van der Waals surface area contributed by atoms with Crippen LogP contribution in [0.5, 0.6) is 0 Å². The van der Waals surface area contributed by atoms with Crippen molar-refractivity contribution in [3.8, 4) is 0 Å². The van der Waals surface area contributed by atoms with E-state index in [9.17, 15) is 8.42 Å². The highest BCUT2D eigenvalue weighted by molar-refractivity contribution is 7.89. The van der Waals surface area contributed by atoms with Crippen molar-refractivity contribution in [1.29, 1.82) is 0 Å². The minimum Gasteiger partial charge on any atom is -0.338 e. The highest BCUT2D eigenvalue weighted by Gasteiger charge is 2.11. The molecule has 8 heteroatoms. The molecule has 0 amide bonds. The number of hydrogen-bond acceptors (Lipinski definition) is 5. The molecule has 0 aliphatic carbocycles. The molecule has 1 aromatic heterocycles. The lowest BCUT2D eigenvalue weighted by Gasteiger charge is -2.03. The summed E-state index contributed by atoms with van der Waals surface area (Å²) in [6, 6.07) is 0. The summed E-state index contributed by atoms with van der Waals surface area (Å²) in [7, 11) is -3.28. The van der Waals surface area contributed by atoms with Crippen molar-refractivity contribution in [3.63, 3.8) is 0 Å². The second kappa shape index (κ2) is 6.17. The van der Waals surface area contributed by atoms with Gasteiger partial charge >= 0.3 is 0 Å². The molecule has 0 fully saturated rings. The van der Waals surface area contributed by atoms with Crippen LogP contribution in [0, 0.1) is 6.92 Å². The minimum atomic E-state index is -3.28. The smallest absolute Gasteiger partial charge is 0.241 e. The van der Waals surface area contributed by atoms with Crippen molar-refractivity contribution in [1.82, 2.24) is 14.9 Å². The van der Waals surface area contributed by atoms with E-state index in [1.807, 2.05) is 0 Å². The van der Waals surface area contributed by atoms with E-state index in [-0.39, 0.29) is 18.2 Å². The van der Waals surface area contributed by atoms with Crippen molar-refractivity contribution < 1.29 is 12.9 Å². The standard InChI is InChI=1S/C8H14ClN3O3S/c1-7-11-8(15-12-7)6-10-16(13,14)5-3-2-4-9/h10H,2-6H2,1H3. The number of nitrogens with zero attached hydrogens (tertiary/aromatic N) is 2. The Kier molecular flexibility index (Phi) is 5.17. The zero-order chi connectivity index (χ0) is 12.0. The van der Waals surface area contributed by atoms with Crippen LogP contribution in [0.25, 0.3) is 0 Å². The molecule has 6 nitrogen and oxygen atoms in total. The summed E-state index contributed by atoms with van der Waals surface area (Å²) < 4.78 is 30.0. The minimum absolute atomic E-state index is 0.0318. The van der Waals surface area contributed by atoms with Crippen molar-refractivity contribution in [3.05, 3.63) is 11.7 Å². The van der Waals surface area contributed by atoms with Gasteiger partial charge in [0.25, 0.3) is 0 Å². The van der Waals surface area contributed by atoms with E-state index in [0.29, 0.717) is 24.5 Å². The number of sulfonamides is 1. The van der Waals surface area contributed by atoms with Gasteiger partial charge in [0.05, 0.1) is 12.3 Å². The monoisotopic (exact) mass is 267 g/mol. The van der Waals surface area contributed by atoms with Crippen molar-refractivity contribution in [2.45, 2.75) is 26.3 Å². The fraction of sp³-hybridized carbons (Fsp3) is 0.750. The molecule has 16 heavy (non-hydrogen) atoms. The molecule has 1 rings (SSSR count). The van der Waals surface area contributed by atoms with Gasteiger partial charge in [-0.1, -0.05) is 5.16 Å². The van der Waals surface area contributed by atoms with E-state index in [2.05, 4.69) is 14.9 Å². The molecule has 0 aliphatic heterocycles. The third kappa shape index (κ3) is 4.91. The predicted molar refractivity (Wildman–Crippen MR) is 59.6 cm³/mol. The Morgan fingerprint density at radius 3 is 2.75 bits per heavy atom. The van der Waals surface area contributed by atoms with E-state index in [1.54, 1.807) is 6.92 Å². The lowest BCUT2D eigenvalue weighted by atomic mass is 10.4. The second-order valence-corrected chi connectivity index (χ2v) is 5.58. The molecule has 0 aromatic carbocycles. The number of alkyl halides is 1. The van der Waals surface area contributed by atoms with Crippen LogP contribution >= 0.6 is 11.6 Å². The summed E-state index contributed by atoms with van der Waals surface area (Å²) in [4.78, 5) is 3.88. The Morgan fingerprint density at radius 1 is 1.44 bits per heavy atom. The molecule has 1 heterocycles. The zero-order valence-corrected chi connectivity index (χ0v) is 10.5. The fourth-order valence-electron chi connectivity index (χ4n) is 1.04. The topological polar surface area (TPSA) is 85.1 Å². The van der Waals surface area contributed by atoms with Crippen LogP contribution in [0.4, 0.5) is 0 Å². The normalized spacial score (nSPS) is 11.9. The van der Waals surface area contributed by atoms with Gasteiger partial charge in [-0.2, -0.15) is 4.98 Å². The number of aryl methyl sites for hydroxylation is 1. The third-order valence-corrected chi connectivity index (χ3v) is 3.49. The molecule has 1 aromatic rings. The zero-order valence-electron chi connectivity index (χ0n) is 8.94. The van der Waals surface area contributed by atoms with Gasteiger partial charge in [0.15, 0.2) is 5.82 Å². The second-order valence-electron chi connectivity index (χ2n) is 3.27. The third-order valence-electron chi connectivity index (χ3n) is 1.81. The average Bonchev–Trinajstić information content (AvgIpc) is 2.62. The largest absolute Gasteiger partial charge is 0.338 e. The summed E-state index contributed by atoms with van der Waals surface area (Å²) in [6.45, 7) is 1.70. The summed E-state index contributed by atoms with van der Waals surface area (Å²) in [5, 5.41) is 3.55. The maximum absolute atomic E-state index is 11.4. The van der Waals surface area contributed by atoms with Gasteiger partial charge in [0.2, 0.25) is 15.9 Å². The Bertz CT molecular complexity index is 418. The van der Waals surface area contributed by atoms with Gasteiger partial charge in [-0.05, 0) is 19.8 Å². The lowest BCUT2D eigenvalue weighted by Crippen LogP contribution is -2.26. The Labute approximate surface area is 99.4 Å². The van der Waals surface area contributed by atoms with Gasteiger partial charge in [-0.25, -0.2) is 13.1 Å². The van der Waals surface area contributed by atoms with E-state index in [4.69, 9.17) is 16.1 Å². The van der Waals surface area contributed by atoms with Crippen LogP contribution in [0.3, 0.4) is 0 Å². The molecule has 0 radical (unpaired) electrons. The van der Waals surface area contributed by atoms with E-state index in [1.165, 1.54) is 0 Å². The summed E-state index contributed by atoms with van der Waals surface area (Å²) in [5.74, 6) is 1.28. The van der Waals surface area contributed by atoms with Crippen LogP contribution in [-0.4, -0.2) is 30.2 Å². The molecule has 0 unspecified atom stereocenters. The lowest BCUT2D eigenvalue weighted by molar-refractivity contribution is 0.372. The summed E-state index contributed by atoms with van der Waals surface area (Å²) in [5.41, 5.74) is 0. The molecule has 1 N–H and O–H groups in total. The number of hydrogen-bond donors (Lipinski definition) is 1. The highest BCUT2D eigenvalue weighted by Crippen LogP contribution is 1.99. The van der Waals surface area contributed by atoms with Crippen LogP contribution in [0.15, 0.2) is 4.52 Å². The SMILES string of the molecule is Cc1noc(CNS(=O)(=O)CCCCCl)n1. The Balaban J connectivity index is 2.36. The first-order chi connectivity index (χ1) is 7.53. The van der Waals surface area contributed by atoms with Crippen LogP contribution < -0.4 is 4.72 Å². The fourth-order valence-corrected chi connectivity index (χ4v) is 2.30. The van der Waals surface area contributed by atoms with Gasteiger partial charge in [-0.15, -0.1) is 11.6 Å². The Morgan fingerprint density at radius 2 is 2.19 bits per heavy atom. The average molecular weight is 268 g/mol. The van der Waals surface area contributed by atoms with E-state index >= 15 is 0 Å². The van der Waals surface area contributed by atoms with Crippen LogP contribution in [0.1, 0.15) is 24.6 Å². The molecule has 0 aliphatic rings. The van der Waals surface area contributed by atoms with Gasteiger partial charge < -0.3 is 4.52 Å². The van der Waals surface area contributed by atoms with Gasteiger partial charge in [0, 0.05) is 5.88 Å². The quantitative estimate of drug-likeness (QED) is 0.584. The maximum Gasteiger partial charge on any atom is 0.241 e. The molecule has 0 atom stereocenters. The van der Waals surface area contributed by atoms with Crippen LogP contribution in [-0.2, 0) is 16.6 Å². The first-order valence-electron chi connectivity index (χ1n) is 4.86. The molecule has 0 bridgehead atoms. The Hall–Kier alpha value is -0.660. The summed E-state index contributed by atoms with van der Waals surface area (Å²) in [6.07, 6.45) is 1.23. The first kappa shape index (κ1) is 13.4. The number of aromatic nitrogens is 2. The van der Waals surface area contributed by atoms with E-state index < -0.39 is 10.0 Å². The van der Waals surface area contributed by atoms with Crippen molar-refractivity contribution in [2.24, 2.45) is 0 Å². The number of unbranched alkanes of at least 4 members (excludes halogenated alkanes) is 1. The maximum atomic E-state index is 11.4. The number of halogens is 1. The predicted octanol–water partition coefficient (Wildman–Crippen LogP) is 0.816. The molecule has 0 saturated carbocycles. The number of rotatable bonds is 7.